The fourth-order valence-corrected chi connectivity index (χ4v) is 4.31. The van der Waals surface area contributed by atoms with Gasteiger partial charge in [-0.25, -0.2) is 0 Å². The van der Waals surface area contributed by atoms with Gasteiger partial charge in [-0.1, -0.05) is 12.1 Å². The second-order valence-corrected chi connectivity index (χ2v) is 7.07. The van der Waals surface area contributed by atoms with Crippen molar-refractivity contribution < 1.29 is 0 Å². The lowest BCUT2D eigenvalue weighted by atomic mass is 9.98. The third kappa shape index (κ3) is 3.52. The van der Waals surface area contributed by atoms with Crippen LogP contribution in [0.4, 0.5) is 0 Å². The molecule has 2 aromatic heterocycles. The zero-order chi connectivity index (χ0) is 14.7. The molecule has 3 rings (SSSR count). The molecular formula is C16H24N4S. The van der Waals surface area contributed by atoms with E-state index in [-0.39, 0.29) is 0 Å². The summed E-state index contributed by atoms with van der Waals surface area (Å²) in [6.45, 7) is 3.26. The molecule has 1 aliphatic rings. The number of aryl methyl sites for hydroxylation is 3. The molecule has 0 aromatic carbocycles. The van der Waals surface area contributed by atoms with Crippen LogP contribution >= 0.6 is 11.3 Å². The summed E-state index contributed by atoms with van der Waals surface area (Å²) in [4.78, 5) is 3.08. The van der Waals surface area contributed by atoms with Crippen molar-refractivity contribution in [3.05, 3.63) is 33.3 Å². The molecule has 2 heterocycles. The molecule has 0 saturated heterocycles. The largest absolute Gasteiger partial charge is 0.309 e. The summed E-state index contributed by atoms with van der Waals surface area (Å²) in [6, 6.07) is 2.81. The van der Waals surface area contributed by atoms with Crippen LogP contribution in [0.25, 0.3) is 0 Å². The first kappa shape index (κ1) is 14.7. The van der Waals surface area contributed by atoms with Crippen molar-refractivity contribution in [3.63, 3.8) is 0 Å². The number of hydrogen-bond acceptors (Lipinski definition) is 4. The van der Waals surface area contributed by atoms with E-state index in [4.69, 9.17) is 0 Å². The number of fused-ring (bicyclic) bond motifs is 1. The van der Waals surface area contributed by atoms with Crippen LogP contribution in [0.1, 0.15) is 53.2 Å². The maximum Gasteiger partial charge on any atom is 0.0846 e. The molecule has 1 aliphatic carbocycles. The Hall–Kier alpha value is -1.20. The minimum Gasteiger partial charge on any atom is -0.309 e. The standard InChI is InChI=1S/C16H24N4S/c1-3-8-17-14(10-13-11-20(2)19-18-13)16-9-12-6-4-5-7-15(12)21-16/h9,11,14,17H,3-8,10H2,1-2H3. The van der Waals surface area contributed by atoms with Crippen molar-refractivity contribution in [2.45, 2.75) is 51.5 Å². The second kappa shape index (κ2) is 6.71. The molecule has 1 N–H and O–H groups in total. The first-order valence-electron chi connectivity index (χ1n) is 7.96. The first-order valence-corrected chi connectivity index (χ1v) is 8.78. The predicted octanol–water partition coefficient (Wildman–Crippen LogP) is 3.04. The van der Waals surface area contributed by atoms with Gasteiger partial charge in [-0.05, 0) is 50.3 Å². The van der Waals surface area contributed by atoms with Crippen molar-refractivity contribution in [1.82, 2.24) is 20.3 Å². The van der Waals surface area contributed by atoms with Crippen LogP contribution in [0.3, 0.4) is 0 Å². The summed E-state index contributed by atoms with van der Waals surface area (Å²) in [7, 11) is 1.93. The molecule has 1 unspecified atom stereocenters. The number of thiophene rings is 1. The van der Waals surface area contributed by atoms with Gasteiger partial charge in [0.1, 0.15) is 0 Å². The van der Waals surface area contributed by atoms with Gasteiger partial charge in [-0.15, -0.1) is 16.4 Å². The molecule has 114 valence electrons. The normalized spacial score (nSPS) is 15.9. The van der Waals surface area contributed by atoms with Crippen molar-refractivity contribution in [3.8, 4) is 0 Å². The lowest BCUT2D eigenvalue weighted by Crippen LogP contribution is -2.23. The van der Waals surface area contributed by atoms with Crippen LogP contribution in [-0.2, 0) is 26.3 Å². The van der Waals surface area contributed by atoms with Gasteiger partial charge in [0.15, 0.2) is 0 Å². The van der Waals surface area contributed by atoms with Crippen molar-refractivity contribution >= 4 is 11.3 Å². The Kier molecular flexibility index (Phi) is 4.70. The van der Waals surface area contributed by atoms with Crippen molar-refractivity contribution in [2.75, 3.05) is 6.54 Å². The molecule has 0 bridgehead atoms. The van der Waals surface area contributed by atoms with Gasteiger partial charge in [0.25, 0.3) is 0 Å². The number of hydrogen-bond donors (Lipinski definition) is 1. The van der Waals surface area contributed by atoms with Crippen LogP contribution < -0.4 is 5.32 Å². The first-order chi connectivity index (χ1) is 10.3. The molecular weight excluding hydrogens is 280 g/mol. The Labute approximate surface area is 130 Å². The fourth-order valence-electron chi connectivity index (χ4n) is 2.98. The van der Waals surface area contributed by atoms with Crippen LogP contribution in [0.5, 0.6) is 0 Å². The maximum absolute atomic E-state index is 4.25. The summed E-state index contributed by atoms with van der Waals surface area (Å²) >= 11 is 2.00. The van der Waals surface area contributed by atoms with E-state index in [0.29, 0.717) is 6.04 Å². The highest BCUT2D eigenvalue weighted by molar-refractivity contribution is 7.12. The van der Waals surface area contributed by atoms with E-state index < -0.39 is 0 Å². The van der Waals surface area contributed by atoms with Gasteiger partial charge in [0.2, 0.25) is 0 Å². The lowest BCUT2D eigenvalue weighted by Gasteiger charge is -2.15. The summed E-state index contributed by atoms with van der Waals surface area (Å²) in [5.41, 5.74) is 2.65. The second-order valence-electron chi connectivity index (χ2n) is 5.90. The van der Waals surface area contributed by atoms with Gasteiger partial charge in [0, 0.05) is 35.5 Å². The molecule has 0 amide bonds. The van der Waals surface area contributed by atoms with Crippen LogP contribution in [0.2, 0.25) is 0 Å². The summed E-state index contributed by atoms with van der Waals surface area (Å²) < 4.78 is 1.78. The quantitative estimate of drug-likeness (QED) is 0.892. The molecule has 21 heavy (non-hydrogen) atoms. The number of nitrogens with one attached hydrogen (secondary N) is 1. The summed E-state index contributed by atoms with van der Waals surface area (Å²) in [5, 5.41) is 12.0. The Morgan fingerprint density at radius 2 is 2.24 bits per heavy atom. The molecule has 2 aromatic rings. The highest BCUT2D eigenvalue weighted by Gasteiger charge is 2.20. The van der Waals surface area contributed by atoms with E-state index in [1.54, 1.807) is 15.1 Å². The van der Waals surface area contributed by atoms with Crippen LogP contribution in [-0.4, -0.2) is 21.5 Å². The van der Waals surface area contributed by atoms with E-state index in [1.165, 1.54) is 30.6 Å². The Morgan fingerprint density at radius 3 is 2.95 bits per heavy atom. The van der Waals surface area contributed by atoms with E-state index in [0.717, 1.165) is 25.1 Å². The molecule has 5 heteroatoms. The summed E-state index contributed by atoms with van der Waals surface area (Å²) in [6.07, 6.45) is 9.33. The summed E-state index contributed by atoms with van der Waals surface area (Å²) in [5.74, 6) is 0. The van der Waals surface area contributed by atoms with E-state index in [1.807, 2.05) is 24.6 Å². The van der Waals surface area contributed by atoms with Crippen LogP contribution in [0.15, 0.2) is 12.3 Å². The molecule has 0 radical (unpaired) electrons. The fraction of sp³-hybridized carbons (Fsp3) is 0.625. The Bertz CT molecular complexity index is 563. The van der Waals surface area contributed by atoms with Gasteiger partial charge in [-0.2, -0.15) is 0 Å². The molecule has 0 aliphatic heterocycles. The average Bonchev–Trinajstić information content (AvgIpc) is 3.09. The Morgan fingerprint density at radius 1 is 1.38 bits per heavy atom. The predicted molar refractivity (Wildman–Crippen MR) is 86.7 cm³/mol. The van der Waals surface area contributed by atoms with Crippen molar-refractivity contribution in [1.29, 1.82) is 0 Å². The van der Waals surface area contributed by atoms with Crippen molar-refractivity contribution in [2.24, 2.45) is 7.05 Å². The van der Waals surface area contributed by atoms with Gasteiger partial charge < -0.3 is 5.32 Å². The number of nitrogens with zero attached hydrogens (tertiary/aromatic N) is 3. The lowest BCUT2D eigenvalue weighted by molar-refractivity contribution is 0.531. The van der Waals surface area contributed by atoms with E-state index >= 15 is 0 Å². The van der Waals surface area contributed by atoms with Crippen LogP contribution in [0, 0.1) is 0 Å². The van der Waals surface area contributed by atoms with Gasteiger partial charge >= 0.3 is 0 Å². The molecule has 0 saturated carbocycles. The number of aromatic nitrogens is 3. The van der Waals surface area contributed by atoms with E-state index in [2.05, 4.69) is 28.6 Å². The highest BCUT2D eigenvalue weighted by Crippen LogP contribution is 2.33. The third-order valence-electron chi connectivity index (χ3n) is 4.06. The Balaban J connectivity index is 1.79. The SMILES string of the molecule is CCCNC(Cc1cn(C)nn1)c1cc2c(s1)CCCC2. The van der Waals surface area contributed by atoms with Gasteiger partial charge in [0.05, 0.1) is 5.69 Å². The smallest absolute Gasteiger partial charge is 0.0846 e. The zero-order valence-corrected chi connectivity index (χ0v) is 13.7. The van der Waals surface area contributed by atoms with Gasteiger partial charge in [-0.3, -0.25) is 4.68 Å². The molecule has 0 spiro atoms. The minimum atomic E-state index is 0.372. The average molecular weight is 304 g/mol. The zero-order valence-electron chi connectivity index (χ0n) is 12.9. The number of rotatable bonds is 6. The minimum absolute atomic E-state index is 0.372. The third-order valence-corrected chi connectivity index (χ3v) is 5.41. The molecule has 1 atom stereocenters. The van der Waals surface area contributed by atoms with E-state index in [9.17, 15) is 0 Å². The highest BCUT2D eigenvalue weighted by atomic mass is 32.1. The maximum atomic E-state index is 4.25. The molecule has 0 fully saturated rings. The monoisotopic (exact) mass is 304 g/mol. The topological polar surface area (TPSA) is 42.7 Å². The molecule has 4 nitrogen and oxygen atoms in total.